The normalized spacial score (nSPS) is 30.3. The molecule has 2 aliphatic carbocycles. The maximum Gasteiger partial charge on any atom is 0.244 e. The van der Waals surface area contributed by atoms with Crippen molar-refractivity contribution in [1.29, 1.82) is 0 Å². The lowest BCUT2D eigenvalue weighted by Gasteiger charge is -2.24. The van der Waals surface area contributed by atoms with Gasteiger partial charge in [0.15, 0.2) is 0 Å². The summed E-state index contributed by atoms with van der Waals surface area (Å²) in [5.41, 5.74) is -0.158. The zero-order valence-corrected chi connectivity index (χ0v) is 10.7. The highest BCUT2D eigenvalue weighted by molar-refractivity contribution is 8.00. The quantitative estimate of drug-likeness (QED) is 0.813. The first-order valence-electron chi connectivity index (χ1n) is 6.29. The molecule has 0 aromatic carbocycles. The molecule has 1 spiro atoms. The van der Waals surface area contributed by atoms with Crippen LogP contribution < -0.4 is 5.32 Å². The molecule has 0 radical (unpaired) electrons. The Labute approximate surface area is 101 Å². The highest BCUT2D eigenvalue weighted by Gasteiger charge is 2.51. The standard InChI is InChI=1S/C12H20N2OS/c1-16-11(6-7-11)8-14-9-13-12(10(14)15)4-2-3-5-12/h13H,2-9H2,1H3. The number of hydrogen-bond donors (Lipinski definition) is 1. The second kappa shape index (κ2) is 3.64. The summed E-state index contributed by atoms with van der Waals surface area (Å²) in [5.74, 6) is 0.380. The summed E-state index contributed by atoms with van der Waals surface area (Å²) in [7, 11) is 0. The van der Waals surface area contributed by atoms with Crippen molar-refractivity contribution in [1.82, 2.24) is 10.2 Å². The van der Waals surface area contributed by atoms with E-state index >= 15 is 0 Å². The van der Waals surface area contributed by atoms with Gasteiger partial charge in [-0.05, 0) is 31.9 Å². The summed E-state index contributed by atoms with van der Waals surface area (Å²) in [6.45, 7) is 1.74. The maximum atomic E-state index is 12.4. The maximum absolute atomic E-state index is 12.4. The van der Waals surface area contributed by atoms with Crippen molar-refractivity contribution in [2.45, 2.75) is 48.8 Å². The van der Waals surface area contributed by atoms with E-state index in [9.17, 15) is 4.79 Å². The summed E-state index contributed by atoms with van der Waals surface area (Å²) in [4.78, 5) is 14.5. The van der Waals surface area contributed by atoms with E-state index in [0.717, 1.165) is 26.1 Å². The van der Waals surface area contributed by atoms with Gasteiger partial charge in [0.05, 0.1) is 12.2 Å². The molecule has 0 aromatic heterocycles. The minimum absolute atomic E-state index is 0.158. The van der Waals surface area contributed by atoms with Crippen LogP contribution in [0.1, 0.15) is 38.5 Å². The molecule has 1 saturated heterocycles. The highest BCUT2D eigenvalue weighted by Crippen LogP contribution is 2.48. The molecular formula is C12H20N2OS. The molecule has 4 heteroatoms. The Hall–Kier alpha value is -0.220. The van der Waals surface area contributed by atoms with Crippen molar-refractivity contribution < 1.29 is 4.79 Å². The third-order valence-electron chi connectivity index (χ3n) is 4.48. The number of thioether (sulfide) groups is 1. The Kier molecular flexibility index (Phi) is 2.48. The van der Waals surface area contributed by atoms with Crippen molar-refractivity contribution in [2.75, 3.05) is 19.5 Å². The fourth-order valence-electron chi connectivity index (χ4n) is 3.11. The van der Waals surface area contributed by atoms with E-state index < -0.39 is 0 Å². The van der Waals surface area contributed by atoms with Gasteiger partial charge >= 0.3 is 0 Å². The Morgan fingerprint density at radius 1 is 1.31 bits per heavy atom. The molecule has 3 aliphatic rings. The van der Waals surface area contributed by atoms with Gasteiger partial charge in [-0.1, -0.05) is 12.8 Å². The zero-order chi connectivity index (χ0) is 11.2. The average molecular weight is 240 g/mol. The molecule has 3 rings (SSSR count). The van der Waals surface area contributed by atoms with Crippen LogP contribution in [0.15, 0.2) is 0 Å². The summed E-state index contributed by atoms with van der Waals surface area (Å²) in [6, 6.07) is 0. The molecule has 3 fully saturated rings. The van der Waals surface area contributed by atoms with Crippen LogP contribution in [0.3, 0.4) is 0 Å². The molecule has 1 heterocycles. The van der Waals surface area contributed by atoms with Crippen LogP contribution in [0.2, 0.25) is 0 Å². The van der Waals surface area contributed by atoms with Crippen LogP contribution in [-0.4, -0.2) is 40.6 Å². The van der Waals surface area contributed by atoms with Gasteiger partial charge in [0.25, 0.3) is 0 Å². The first kappa shape index (κ1) is 10.9. The smallest absolute Gasteiger partial charge is 0.244 e. The topological polar surface area (TPSA) is 32.3 Å². The SMILES string of the molecule is CSC1(CN2CNC3(CCCC3)C2=O)CC1. The lowest BCUT2D eigenvalue weighted by molar-refractivity contribution is -0.132. The van der Waals surface area contributed by atoms with E-state index in [1.807, 2.05) is 11.8 Å². The lowest BCUT2D eigenvalue weighted by Crippen LogP contribution is -2.44. The van der Waals surface area contributed by atoms with E-state index in [1.54, 1.807) is 0 Å². The fourth-order valence-corrected chi connectivity index (χ4v) is 3.90. The molecule has 0 aromatic rings. The van der Waals surface area contributed by atoms with E-state index in [1.165, 1.54) is 25.7 Å². The van der Waals surface area contributed by atoms with Crippen molar-refractivity contribution in [3.8, 4) is 0 Å². The van der Waals surface area contributed by atoms with Gasteiger partial charge in [0, 0.05) is 11.3 Å². The van der Waals surface area contributed by atoms with E-state index in [0.29, 0.717) is 10.7 Å². The monoisotopic (exact) mass is 240 g/mol. The van der Waals surface area contributed by atoms with Gasteiger partial charge in [0.2, 0.25) is 5.91 Å². The molecular weight excluding hydrogens is 220 g/mol. The molecule has 3 nitrogen and oxygen atoms in total. The van der Waals surface area contributed by atoms with Crippen LogP contribution in [-0.2, 0) is 4.79 Å². The van der Waals surface area contributed by atoms with Gasteiger partial charge in [-0.15, -0.1) is 0 Å². The predicted octanol–water partition coefficient (Wildman–Crippen LogP) is 1.58. The molecule has 2 saturated carbocycles. The van der Waals surface area contributed by atoms with Crippen molar-refractivity contribution in [3.05, 3.63) is 0 Å². The Balaban J connectivity index is 1.68. The first-order chi connectivity index (χ1) is 7.70. The minimum atomic E-state index is -0.158. The van der Waals surface area contributed by atoms with Crippen LogP contribution in [0.4, 0.5) is 0 Å². The number of carbonyl (C=O) groups excluding carboxylic acids is 1. The van der Waals surface area contributed by atoms with Gasteiger partial charge in [-0.25, -0.2) is 0 Å². The van der Waals surface area contributed by atoms with E-state index in [-0.39, 0.29) is 5.54 Å². The molecule has 1 aliphatic heterocycles. The molecule has 0 atom stereocenters. The predicted molar refractivity (Wildman–Crippen MR) is 66.4 cm³/mol. The number of amides is 1. The van der Waals surface area contributed by atoms with Crippen molar-refractivity contribution in [3.63, 3.8) is 0 Å². The average Bonchev–Trinajstić information content (AvgIpc) is 2.80. The van der Waals surface area contributed by atoms with Crippen LogP contribution >= 0.6 is 11.8 Å². The van der Waals surface area contributed by atoms with E-state index in [4.69, 9.17) is 0 Å². The third kappa shape index (κ3) is 1.58. The Morgan fingerprint density at radius 3 is 2.56 bits per heavy atom. The highest BCUT2D eigenvalue weighted by atomic mass is 32.2. The molecule has 1 amide bonds. The zero-order valence-electron chi connectivity index (χ0n) is 9.92. The molecule has 1 N–H and O–H groups in total. The summed E-state index contributed by atoms with van der Waals surface area (Å²) in [5, 5.41) is 3.47. The number of nitrogens with one attached hydrogen (secondary N) is 1. The van der Waals surface area contributed by atoms with Gasteiger partial charge in [-0.2, -0.15) is 11.8 Å². The number of carbonyl (C=O) groups is 1. The van der Waals surface area contributed by atoms with Gasteiger partial charge in [-0.3, -0.25) is 10.1 Å². The third-order valence-corrected chi connectivity index (χ3v) is 5.89. The first-order valence-corrected chi connectivity index (χ1v) is 7.52. The van der Waals surface area contributed by atoms with Gasteiger partial charge < -0.3 is 4.90 Å². The number of nitrogens with zero attached hydrogens (tertiary/aromatic N) is 1. The second-order valence-electron chi connectivity index (χ2n) is 5.51. The van der Waals surface area contributed by atoms with Crippen molar-refractivity contribution >= 4 is 17.7 Å². The molecule has 16 heavy (non-hydrogen) atoms. The summed E-state index contributed by atoms with van der Waals surface area (Å²) >= 11 is 1.94. The summed E-state index contributed by atoms with van der Waals surface area (Å²) in [6.07, 6.45) is 9.26. The van der Waals surface area contributed by atoms with Crippen molar-refractivity contribution in [2.24, 2.45) is 0 Å². The number of rotatable bonds is 3. The summed E-state index contributed by atoms with van der Waals surface area (Å²) < 4.78 is 0.404. The van der Waals surface area contributed by atoms with Crippen LogP contribution in [0, 0.1) is 0 Å². The second-order valence-corrected chi connectivity index (χ2v) is 6.79. The molecule has 90 valence electrons. The molecule has 0 unspecified atom stereocenters. The van der Waals surface area contributed by atoms with Crippen LogP contribution in [0.25, 0.3) is 0 Å². The lowest BCUT2D eigenvalue weighted by atomic mass is 9.98. The fraction of sp³-hybridized carbons (Fsp3) is 0.917. The Morgan fingerprint density at radius 2 is 2.00 bits per heavy atom. The minimum Gasteiger partial charge on any atom is -0.327 e. The van der Waals surface area contributed by atoms with E-state index in [2.05, 4.69) is 16.5 Å². The largest absolute Gasteiger partial charge is 0.327 e. The van der Waals surface area contributed by atoms with Gasteiger partial charge in [0.1, 0.15) is 0 Å². The number of hydrogen-bond acceptors (Lipinski definition) is 3. The molecule has 0 bridgehead atoms. The van der Waals surface area contributed by atoms with Crippen LogP contribution in [0.5, 0.6) is 0 Å². The Bertz CT molecular complexity index is 308.